The van der Waals surface area contributed by atoms with Crippen LogP contribution in [0.25, 0.3) is 22.0 Å². The Balaban J connectivity index is 2.34. The Morgan fingerprint density at radius 1 is 0.963 bits per heavy atom. The van der Waals surface area contributed by atoms with E-state index in [2.05, 4.69) is 23.7 Å². The maximum absolute atomic E-state index is 14.6. The van der Waals surface area contributed by atoms with Gasteiger partial charge in [-0.15, -0.1) is 0 Å². The Labute approximate surface area is 158 Å². The third-order valence-electron chi connectivity index (χ3n) is 4.67. The van der Waals surface area contributed by atoms with Gasteiger partial charge in [-0.05, 0) is 31.9 Å². The zero-order chi connectivity index (χ0) is 19.6. The van der Waals surface area contributed by atoms with Gasteiger partial charge in [0.1, 0.15) is 5.82 Å². The summed E-state index contributed by atoms with van der Waals surface area (Å²) in [6.07, 6.45) is 1.98. The Morgan fingerprint density at radius 2 is 1.59 bits per heavy atom. The van der Waals surface area contributed by atoms with E-state index in [1.54, 1.807) is 0 Å². The molecule has 0 fully saturated rings. The molecular formula is C22H24F2N2O. The van der Waals surface area contributed by atoms with Crippen LogP contribution >= 0.6 is 0 Å². The lowest BCUT2D eigenvalue weighted by molar-refractivity contribution is 0.429. The highest BCUT2D eigenvalue weighted by Gasteiger charge is 2.22. The van der Waals surface area contributed by atoms with Gasteiger partial charge in [0.2, 0.25) is 0 Å². The Morgan fingerprint density at radius 3 is 2.22 bits per heavy atom. The van der Waals surface area contributed by atoms with Crippen LogP contribution in [0.1, 0.15) is 32.4 Å². The van der Waals surface area contributed by atoms with Crippen LogP contribution in [0.4, 0.5) is 14.5 Å². The second kappa shape index (κ2) is 7.91. The average Bonchev–Trinajstić information content (AvgIpc) is 2.65. The molecule has 1 N–H and O–H groups in total. The van der Waals surface area contributed by atoms with Crippen molar-refractivity contribution in [1.29, 1.82) is 0 Å². The first-order valence-electron chi connectivity index (χ1n) is 9.31. The number of hydrogen-bond donors (Lipinski definition) is 1. The maximum atomic E-state index is 14.6. The van der Waals surface area contributed by atoms with Gasteiger partial charge in [-0.1, -0.05) is 38.1 Å². The molecule has 3 aromatic rings. The van der Waals surface area contributed by atoms with Crippen molar-refractivity contribution in [1.82, 2.24) is 4.98 Å². The minimum atomic E-state index is -0.987. The lowest BCUT2D eigenvalue weighted by Gasteiger charge is -2.27. The summed E-state index contributed by atoms with van der Waals surface area (Å²) in [5, 5.41) is 11.3. The summed E-state index contributed by atoms with van der Waals surface area (Å²) in [6, 6.07) is 9.60. The maximum Gasteiger partial charge on any atom is 0.177 e. The van der Waals surface area contributed by atoms with Crippen LogP contribution in [-0.4, -0.2) is 23.2 Å². The molecule has 3 rings (SSSR count). The number of anilines is 1. The molecule has 0 spiro atoms. The van der Waals surface area contributed by atoms with Gasteiger partial charge in [-0.2, -0.15) is 0 Å². The molecule has 0 bridgehead atoms. The largest absolute Gasteiger partial charge is 0.505 e. The summed E-state index contributed by atoms with van der Waals surface area (Å²) in [6.45, 7) is 7.88. The third kappa shape index (κ3) is 3.46. The fourth-order valence-electron chi connectivity index (χ4n) is 3.60. The van der Waals surface area contributed by atoms with E-state index >= 15 is 0 Å². The summed E-state index contributed by atoms with van der Waals surface area (Å²) >= 11 is 0. The van der Waals surface area contributed by atoms with E-state index in [1.807, 2.05) is 31.2 Å². The van der Waals surface area contributed by atoms with Gasteiger partial charge in [-0.3, -0.25) is 4.98 Å². The normalized spacial score (nSPS) is 11.1. The zero-order valence-electron chi connectivity index (χ0n) is 15.9. The molecule has 142 valence electrons. The highest BCUT2D eigenvalue weighted by atomic mass is 19.1. The molecule has 27 heavy (non-hydrogen) atoms. The monoisotopic (exact) mass is 370 g/mol. The summed E-state index contributed by atoms with van der Waals surface area (Å²) in [5.74, 6) is -2.31. The molecule has 5 heteroatoms. The van der Waals surface area contributed by atoms with Crippen LogP contribution in [0.2, 0.25) is 0 Å². The summed E-state index contributed by atoms with van der Waals surface area (Å²) in [4.78, 5) is 6.87. The number of benzene rings is 2. The number of fused-ring (bicyclic) bond motifs is 1. The second-order valence-corrected chi connectivity index (χ2v) is 6.68. The van der Waals surface area contributed by atoms with Gasteiger partial charge in [0.25, 0.3) is 0 Å². The minimum absolute atomic E-state index is 0.214. The van der Waals surface area contributed by atoms with Gasteiger partial charge in [0.05, 0.1) is 22.6 Å². The lowest BCUT2D eigenvalue weighted by atomic mass is 9.99. The number of nitrogens with zero attached hydrogens (tertiary/aromatic N) is 2. The van der Waals surface area contributed by atoms with Gasteiger partial charge in [0.15, 0.2) is 11.6 Å². The van der Waals surface area contributed by atoms with Gasteiger partial charge in [0, 0.05) is 23.9 Å². The van der Waals surface area contributed by atoms with Crippen LogP contribution in [0.5, 0.6) is 5.75 Å². The quantitative estimate of drug-likeness (QED) is 0.594. The van der Waals surface area contributed by atoms with E-state index in [4.69, 9.17) is 0 Å². The fraction of sp³-hybridized carbons (Fsp3) is 0.318. The smallest absolute Gasteiger partial charge is 0.177 e. The van der Waals surface area contributed by atoms with Crippen molar-refractivity contribution in [3.05, 3.63) is 53.7 Å². The molecule has 1 heterocycles. The topological polar surface area (TPSA) is 36.4 Å². The van der Waals surface area contributed by atoms with E-state index in [-0.39, 0.29) is 11.3 Å². The van der Waals surface area contributed by atoms with Crippen LogP contribution in [0, 0.1) is 18.6 Å². The highest BCUT2D eigenvalue weighted by Crippen LogP contribution is 2.39. The van der Waals surface area contributed by atoms with Crippen LogP contribution < -0.4 is 4.90 Å². The number of aromatic nitrogens is 1. The van der Waals surface area contributed by atoms with Crippen molar-refractivity contribution in [2.24, 2.45) is 0 Å². The van der Waals surface area contributed by atoms with Crippen LogP contribution in [0.15, 0.2) is 36.4 Å². The number of aryl methyl sites for hydroxylation is 1. The fourth-order valence-corrected chi connectivity index (χ4v) is 3.60. The molecule has 0 saturated heterocycles. The van der Waals surface area contributed by atoms with E-state index < -0.39 is 17.4 Å². The number of halogens is 2. The molecule has 0 radical (unpaired) electrons. The van der Waals surface area contributed by atoms with Crippen LogP contribution in [-0.2, 0) is 0 Å². The Kier molecular flexibility index (Phi) is 5.59. The molecule has 2 aromatic carbocycles. The Hall–Kier alpha value is -2.69. The van der Waals surface area contributed by atoms with Crippen molar-refractivity contribution in [2.45, 2.75) is 33.6 Å². The molecule has 0 amide bonds. The van der Waals surface area contributed by atoms with E-state index in [9.17, 15) is 13.9 Å². The molecule has 0 aliphatic heterocycles. The van der Waals surface area contributed by atoms with Gasteiger partial charge < -0.3 is 10.0 Å². The molecule has 0 aliphatic carbocycles. The highest BCUT2D eigenvalue weighted by molar-refractivity contribution is 6.03. The molecule has 0 aliphatic rings. The van der Waals surface area contributed by atoms with E-state index in [1.165, 1.54) is 0 Å². The predicted molar refractivity (Wildman–Crippen MR) is 106 cm³/mol. The lowest BCUT2D eigenvalue weighted by Crippen LogP contribution is -2.26. The summed E-state index contributed by atoms with van der Waals surface area (Å²) in [7, 11) is 0. The molecule has 0 saturated carbocycles. The number of hydrogen-bond acceptors (Lipinski definition) is 3. The van der Waals surface area contributed by atoms with E-state index in [0.29, 0.717) is 11.1 Å². The number of pyridine rings is 1. The summed E-state index contributed by atoms with van der Waals surface area (Å²) < 4.78 is 29.0. The number of aromatic hydroxyl groups is 1. The number of rotatable bonds is 6. The number of phenols is 1. The van der Waals surface area contributed by atoms with Gasteiger partial charge in [-0.25, -0.2) is 8.78 Å². The molecular weight excluding hydrogens is 346 g/mol. The standard InChI is InChI=1S/C22H24F2N2O/c1-4-12-26(13-5-2)22-14(3)25-21(15-8-6-7-9-16(15)22)19-17(23)10-11-18(27)20(19)24/h6-11,27H,4-5,12-13H2,1-3H3. The molecule has 0 atom stereocenters. The number of phenolic OH excluding ortho intramolecular Hbond substituents is 1. The second-order valence-electron chi connectivity index (χ2n) is 6.68. The van der Waals surface area contributed by atoms with Crippen molar-refractivity contribution < 1.29 is 13.9 Å². The molecule has 1 aromatic heterocycles. The van der Waals surface area contributed by atoms with Crippen molar-refractivity contribution in [3.63, 3.8) is 0 Å². The van der Waals surface area contributed by atoms with Crippen LogP contribution in [0.3, 0.4) is 0 Å². The predicted octanol–water partition coefficient (Wildman–Crippen LogP) is 5.82. The SMILES string of the molecule is CCCN(CCC)c1c(C)nc(-c2c(F)ccc(O)c2F)c2ccccc12. The average molecular weight is 370 g/mol. The first-order chi connectivity index (χ1) is 13.0. The zero-order valence-corrected chi connectivity index (χ0v) is 15.9. The third-order valence-corrected chi connectivity index (χ3v) is 4.67. The first-order valence-corrected chi connectivity index (χ1v) is 9.31. The van der Waals surface area contributed by atoms with E-state index in [0.717, 1.165) is 49.1 Å². The van der Waals surface area contributed by atoms with Gasteiger partial charge >= 0.3 is 0 Å². The van der Waals surface area contributed by atoms with Crippen molar-refractivity contribution in [2.75, 3.05) is 18.0 Å². The minimum Gasteiger partial charge on any atom is -0.505 e. The van der Waals surface area contributed by atoms with Crippen molar-refractivity contribution >= 4 is 16.5 Å². The molecule has 3 nitrogen and oxygen atoms in total. The Bertz CT molecular complexity index is 966. The summed E-state index contributed by atoms with van der Waals surface area (Å²) in [5.41, 5.74) is 1.64. The first kappa shape index (κ1) is 19.1. The molecule has 0 unspecified atom stereocenters. The van der Waals surface area contributed by atoms with Crippen molar-refractivity contribution in [3.8, 4) is 17.0 Å².